The maximum absolute atomic E-state index is 11.7. The summed E-state index contributed by atoms with van der Waals surface area (Å²) < 4.78 is 0.843. The second kappa shape index (κ2) is 4.94. The van der Waals surface area contributed by atoms with E-state index in [-0.39, 0.29) is 5.91 Å². The molecule has 3 nitrogen and oxygen atoms in total. The summed E-state index contributed by atoms with van der Waals surface area (Å²) in [5.74, 6) is 0.142. The largest absolute Gasteiger partial charge is 0.345 e. The molecule has 0 aliphatic heterocycles. The van der Waals surface area contributed by atoms with Crippen molar-refractivity contribution in [3.63, 3.8) is 0 Å². The summed E-state index contributed by atoms with van der Waals surface area (Å²) in [6, 6.07) is 3.43. The highest BCUT2D eigenvalue weighted by molar-refractivity contribution is 9.10. The molecule has 0 radical (unpaired) electrons. The van der Waals surface area contributed by atoms with Gasteiger partial charge in [-0.25, -0.2) is 4.98 Å². The molecular weight excluding hydrogens is 279 g/mol. The first-order chi connectivity index (χ1) is 6.94. The molecule has 82 valence electrons. The number of hydrogen-bond donors (Lipinski definition) is 1. The number of nitrogens with one attached hydrogen (secondary N) is 1. The normalized spacial score (nSPS) is 11.2. The van der Waals surface area contributed by atoms with Crippen LogP contribution in [0.15, 0.2) is 22.8 Å². The Morgan fingerprint density at radius 2 is 2.27 bits per heavy atom. The standard InChI is InChI=1S/C10H12BrClN2O/c1-10(2,6-12)14-9(15)8-4-3-7(11)5-13-8/h3-5H,6H2,1-2H3,(H,14,15). The van der Waals surface area contributed by atoms with Gasteiger partial charge in [-0.3, -0.25) is 4.79 Å². The van der Waals surface area contributed by atoms with E-state index >= 15 is 0 Å². The van der Waals surface area contributed by atoms with E-state index in [1.807, 2.05) is 13.8 Å². The Labute approximate surface area is 102 Å². The summed E-state index contributed by atoms with van der Waals surface area (Å²) in [4.78, 5) is 15.7. The molecule has 15 heavy (non-hydrogen) atoms. The lowest BCUT2D eigenvalue weighted by Gasteiger charge is -2.22. The third-order valence-corrected chi connectivity index (χ3v) is 2.88. The Morgan fingerprint density at radius 1 is 1.60 bits per heavy atom. The summed E-state index contributed by atoms with van der Waals surface area (Å²) in [6.45, 7) is 3.72. The van der Waals surface area contributed by atoms with Crippen LogP contribution in [0.5, 0.6) is 0 Å². The fraction of sp³-hybridized carbons (Fsp3) is 0.400. The van der Waals surface area contributed by atoms with Crippen LogP contribution in [0.4, 0.5) is 0 Å². The summed E-state index contributed by atoms with van der Waals surface area (Å²) in [6.07, 6.45) is 1.59. The third-order valence-electron chi connectivity index (χ3n) is 1.75. The molecule has 1 aromatic heterocycles. The van der Waals surface area contributed by atoms with Crippen LogP contribution >= 0.6 is 27.5 Å². The number of amides is 1. The molecule has 1 heterocycles. The van der Waals surface area contributed by atoms with Gasteiger partial charge in [-0.15, -0.1) is 11.6 Å². The van der Waals surface area contributed by atoms with Crippen LogP contribution < -0.4 is 5.32 Å². The zero-order valence-corrected chi connectivity index (χ0v) is 10.9. The van der Waals surface area contributed by atoms with Gasteiger partial charge in [0, 0.05) is 22.1 Å². The van der Waals surface area contributed by atoms with E-state index < -0.39 is 5.54 Å². The molecule has 0 bridgehead atoms. The van der Waals surface area contributed by atoms with Crippen molar-refractivity contribution < 1.29 is 4.79 Å². The second-order valence-electron chi connectivity index (χ2n) is 3.83. The van der Waals surface area contributed by atoms with Gasteiger partial charge in [-0.2, -0.15) is 0 Å². The number of carbonyl (C=O) groups is 1. The van der Waals surface area contributed by atoms with Crippen molar-refractivity contribution in [1.82, 2.24) is 10.3 Å². The van der Waals surface area contributed by atoms with Crippen molar-refractivity contribution in [1.29, 1.82) is 0 Å². The van der Waals surface area contributed by atoms with Gasteiger partial charge in [0.1, 0.15) is 5.69 Å². The predicted molar refractivity (Wildman–Crippen MR) is 64.2 cm³/mol. The van der Waals surface area contributed by atoms with Crippen molar-refractivity contribution in [2.24, 2.45) is 0 Å². The number of halogens is 2. The Morgan fingerprint density at radius 3 is 2.73 bits per heavy atom. The Balaban J connectivity index is 2.74. The maximum atomic E-state index is 11.7. The molecule has 0 fully saturated rings. The van der Waals surface area contributed by atoms with E-state index in [9.17, 15) is 4.79 Å². The van der Waals surface area contributed by atoms with Crippen molar-refractivity contribution in [3.8, 4) is 0 Å². The van der Waals surface area contributed by atoms with Crippen molar-refractivity contribution >= 4 is 33.4 Å². The lowest BCUT2D eigenvalue weighted by molar-refractivity contribution is 0.0915. The zero-order chi connectivity index (χ0) is 11.5. The Hall–Kier alpha value is -0.610. The molecule has 0 unspecified atom stereocenters. The van der Waals surface area contributed by atoms with Crippen LogP contribution in [0.2, 0.25) is 0 Å². The highest BCUT2D eigenvalue weighted by atomic mass is 79.9. The van der Waals surface area contributed by atoms with Crippen LogP contribution in [-0.2, 0) is 0 Å². The first-order valence-electron chi connectivity index (χ1n) is 4.45. The fourth-order valence-electron chi connectivity index (χ4n) is 0.915. The average molecular weight is 292 g/mol. The number of nitrogens with zero attached hydrogens (tertiary/aromatic N) is 1. The molecule has 1 N–H and O–H groups in total. The second-order valence-corrected chi connectivity index (χ2v) is 5.02. The Kier molecular flexibility index (Phi) is 4.11. The number of hydrogen-bond acceptors (Lipinski definition) is 2. The minimum absolute atomic E-state index is 0.215. The van der Waals surface area contributed by atoms with E-state index in [1.165, 1.54) is 0 Å². The highest BCUT2D eigenvalue weighted by Gasteiger charge is 2.20. The topological polar surface area (TPSA) is 42.0 Å². The summed E-state index contributed by atoms with van der Waals surface area (Å²) in [5.41, 5.74) is -0.0377. The van der Waals surface area contributed by atoms with Crippen LogP contribution in [0.25, 0.3) is 0 Å². The molecule has 1 amide bonds. The SMILES string of the molecule is CC(C)(CCl)NC(=O)c1ccc(Br)cn1. The number of aromatic nitrogens is 1. The molecule has 0 aliphatic rings. The number of rotatable bonds is 3. The third kappa shape index (κ3) is 3.80. The van der Waals surface area contributed by atoms with Crippen molar-refractivity contribution in [2.45, 2.75) is 19.4 Å². The van der Waals surface area contributed by atoms with Gasteiger partial charge >= 0.3 is 0 Å². The molecule has 0 saturated carbocycles. The van der Waals surface area contributed by atoms with Gasteiger partial charge in [0.15, 0.2) is 0 Å². The summed E-state index contributed by atoms with van der Waals surface area (Å²) in [5, 5.41) is 2.79. The smallest absolute Gasteiger partial charge is 0.270 e. The first-order valence-corrected chi connectivity index (χ1v) is 5.77. The predicted octanol–water partition coefficient (Wildman–Crippen LogP) is 2.59. The van der Waals surface area contributed by atoms with E-state index in [4.69, 9.17) is 11.6 Å². The Bertz CT molecular complexity index is 351. The zero-order valence-electron chi connectivity index (χ0n) is 8.55. The van der Waals surface area contributed by atoms with Crippen molar-refractivity contribution in [2.75, 3.05) is 5.88 Å². The van der Waals surface area contributed by atoms with Crippen LogP contribution in [-0.4, -0.2) is 22.3 Å². The van der Waals surface area contributed by atoms with Gasteiger partial charge in [0.2, 0.25) is 0 Å². The van der Waals surface area contributed by atoms with Gasteiger partial charge in [-0.05, 0) is 41.9 Å². The molecule has 0 aliphatic carbocycles. The highest BCUT2D eigenvalue weighted by Crippen LogP contribution is 2.09. The average Bonchev–Trinajstić information content (AvgIpc) is 2.18. The summed E-state index contributed by atoms with van der Waals surface area (Å²) in [7, 11) is 0. The van der Waals surface area contributed by atoms with E-state index in [1.54, 1.807) is 18.3 Å². The van der Waals surface area contributed by atoms with E-state index in [2.05, 4.69) is 26.2 Å². The fourth-order valence-corrected chi connectivity index (χ4v) is 1.22. The van der Waals surface area contributed by atoms with Gasteiger partial charge in [-0.1, -0.05) is 0 Å². The summed E-state index contributed by atoms with van der Waals surface area (Å²) >= 11 is 8.96. The molecular formula is C10H12BrClN2O. The van der Waals surface area contributed by atoms with Crippen LogP contribution in [0.3, 0.4) is 0 Å². The van der Waals surface area contributed by atoms with E-state index in [0.717, 1.165) is 4.47 Å². The molecule has 0 saturated heterocycles. The first kappa shape index (κ1) is 12.5. The molecule has 5 heteroatoms. The van der Waals surface area contributed by atoms with Gasteiger partial charge < -0.3 is 5.32 Å². The number of alkyl halides is 1. The molecule has 0 spiro atoms. The maximum Gasteiger partial charge on any atom is 0.270 e. The number of pyridine rings is 1. The minimum atomic E-state index is -0.423. The van der Waals surface area contributed by atoms with E-state index in [0.29, 0.717) is 11.6 Å². The quantitative estimate of drug-likeness (QED) is 0.870. The van der Waals surface area contributed by atoms with Crippen molar-refractivity contribution in [3.05, 3.63) is 28.5 Å². The van der Waals surface area contributed by atoms with Gasteiger partial charge in [0.25, 0.3) is 5.91 Å². The van der Waals surface area contributed by atoms with Crippen LogP contribution in [0.1, 0.15) is 24.3 Å². The monoisotopic (exact) mass is 290 g/mol. The lowest BCUT2D eigenvalue weighted by Crippen LogP contribution is -2.45. The molecule has 1 rings (SSSR count). The molecule has 0 atom stereocenters. The minimum Gasteiger partial charge on any atom is -0.345 e. The van der Waals surface area contributed by atoms with Gasteiger partial charge in [0.05, 0.1) is 0 Å². The molecule has 0 aromatic carbocycles. The number of carbonyl (C=O) groups excluding carboxylic acids is 1. The lowest BCUT2D eigenvalue weighted by atomic mass is 10.1. The van der Waals surface area contributed by atoms with Crippen LogP contribution in [0, 0.1) is 0 Å². The molecule has 1 aromatic rings.